The highest BCUT2D eigenvalue weighted by molar-refractivity contribution is 5.30. The molecule has 1 aromatic rings. The van der Waals surface area contributed by atoms with E-state index in [4.69, 9.17) is 10.5 Å². The van der Waals surface area contributed by atoms with Crippen LogP contribution < -0.4 is 10.5 Å². The van der Waals surface area contributed by atoms with Crippen LogP contribution in [0.15, 0.2) is 18.2 Å². The molecule has 1 unspecified atom stereocenters. The molecule has 0 heterocycles. The van der Waals surface area contributed by atoms with Crippen molar-refractivity contribution < 1.29 is 9.13 Å². The van der Waals surface area contributed by atoms with Gasteiger partial charge in [-0.1, -0.05) is 45.1 Å². The summed E-state index contributed by atoms with van der Waals surface area (Å²) in [6.45, 7) is 2.19. The molecule has 2 N–H and O–H groups in total. The molecule has 0 amide bonds. The van der Waals surface area contributed by atoms with E-state index in [-0.39, 0.29) is 11.9 Å². The second-order valence-electron chi connectivity index (χ2n) is 4.70. The maximum Gasteiger partial charge on any atom is 0.131 e. The number of halogens is 1. The van der Waals surface area contributed by atoms with E-state index in [1.165, 1.54) is 38.9 Å². The normalized spacial score (nSPS) is 12.4. The maximum atomic E-state index is 13.8. The summed E-state index contributed by atoms with van der Waals surface area (Å²) in [6.07, 6.45) is 6.83. The summed E-state index contributed by atoms with van der Waals surface area (Å²) in [7, 11) is 1.53. The standard InChI is InChI=1S/C15H24FNO/c1-3-4-5-6-7-8-15(17)13-10-9-12(18-2)11-14(13)16/h9-11,15H,3-8,17H2,1-2H3. The number of ether oxygens (including phenoxy) is 1. The Balaban J connectivity index is 2.43. The molecule has 102 valence electrons. The first-order valence-corrected chi connectivity index (χ1v) is 6.78. The van der Waals surface area contributed by atoms with Gasteiger partial charge in [-0.2, -0.15) is 0 Å². The van der Waals surface area contributed by atoms with E-state index in [1.807, 2.05) is 0 Å². The summed E-state index contributed by atoms with van der Waals surface area (Å²) in [4.78, 5) is 0. The smallest absolute Gasteiger partial charge is 0.131 e. The van der Waals surface area contributed by atoms with Gasteiger partial charge >= 0.3 is 0 Å². The molecule has 1 rings (SSSR count). The van der Waals surface area contributed by atoms with Gasteiger partial charge in [-0.05, 0) is 12.5 Å². The largest absolute Gasteiger partial charge is 0.497 e. The Hall–Kier alpha value is -1.09. The van der Waals surface area contributed by atoms with Crippen molar-refractivity contribution in [2.45, 2.75) is 51.5 Å². The predicted molar refractivity (Wildman–Crippen MR) is 73.3 cm³/mol. The molecule has 0 fully saturated rings. The van der Waals surface area contributed by atoms with Crippen molar-refractivity contribution in [1.82, 2.24) is 0 Å². The average Bonchev–Trinajstić information content (AvgIpc) is 2.38. The minimum Gasteiger partial charge on any atom is -0.497 e. The Morgan fingerprint density at radius 1 is 1.22 bits per heavy atom. The van der Waals surface area contributed by atoms with E-state index >= 15 is 0 Å². The highest BCUT2D eigenvalue weighted by Gasteiger charge is 2.11. The summed E-state index contributed by atoms with van der Waals surface area (Å²) in [5.74, 6) is 0.266. The third kappa shape index (κ3) is 4.65. The fourth-order valence-corrected chi connectivity index (χ4v) is 2.06. The second-order valence-corrected chi connectivity index (χ2v) is 4.70. The number of methoxy groups -OCH3 is 1. The molecule has 0 saturated carbocycles. The molecule has 3 heteroatoms. The Bertz CT molecular complexity index is 354. The van der Waals surface area contributed by atoms with E-state index in [0.29, 0.717) is 11.3 Å². The van der Waals surface area contributed by atoms with Crippen LogP contribution in [0, 0.1) is 5.82 Å². The average molecular weight is 253 g/mol. The van der Waals surface area contributed by atoms with Crippen molar-refractivity contribution in [2.24, 2.45) is 5.73 Å². The summed E-state index contributed by atoms with van der Waals surface area (Å²) in [5.41, 5.74) is 6.61. The van der Waals surface area contributed by atoms with E-state index in [1.54, 1.807) is 12.1 Å². The van der Waals surface area contributed by atoms with E-state index in [9.17, 15) is 4.39 Å². The van der Waals surface area contributed by atoms with Crippen molar-refractivity contribution in [2.75, 3.05) is 7.11 Å². The summed E-state index contributed by atoms with van der Waals surface area (Å²) in [5, 5.41) is 0. The number of hydrogen-bond acceptors (Lipinski definition) is 2. The minimum atomic E-state index is -0.268. The van der Waals surface area contributed by atoms with Crippen LogP contribution in [0.25, 0.3) is 0 Å². The van der Waals surface area contributed by atoms with Gasteiger partial charge in [-0.15, -0.1) is 0 Å². The van der Waals surface area contributed by atoms with Gasteiger partial charge in [0.2, 0.25) is 0 Å². The highest BCUT2D eigenvalue weighted by atomic mass is 19.1. The Morgan fingerprint density at radius 2 is 1.94 bits per heavy atom. The lowest BCUT2D eigenvalue weighted by atomic mass is 10.00. The molecule has 0 bridgehead atoms. The highest BCUT2D eigenvalue weighted by Crippen LogP contribution is 2.24. The first-order chi connectivity index (χ1) is 8.69. The van der Waals surface area contributed by atoms with Crippen LogP contribution in [-0.2, 0) is 0 Å². The van der Waals surface area contributed by atoms with Crippen molar-refractivity contribution in [3.8, 4) is 5.75 Å². The number of nitrogens with two attached hydrogens (primary N) is 1. The van der Waals surface area contributed by atoms with Crippen molar-refractivity contribution >= 4 is 0 Å². The van der Waals surface area contributed by atoms with Crippen LogP contribution in [0.4, 0.5) is 4.39 Å². The van der Waals surface area contributed by atoms with E-state index < -0.39 is 0 Å². The fourth-order valence-electron chi connectivity index (χ4n) is 2.06. The molecule has 0 aliphatic heterocycles. The molecule has 0 radical (unpaired) electrons. The molecule has 0 saturated heterocycles. The van der Waals surface area contributed by atoms with Gasteiger partial charge in [0.15, 0.2) is 0 Å². The number of unbranched alkanes of at least 4 members (excludes halogenated alkanes) is 4. The lowest BCUT2D eigenvalue weighted by molar-refractivity contribution is 0.409. The lowest BCUT2D eigenvalue weighted by Gasteiger charge is -2.13. The Morgan fingerprint density at radius 3 is 2.56 bits per heavy atom. The summed E-state index contributed by atoms with van der Waals surface area (Å²) < 4.78 is 18.7. The molecular formula is C15H24FNO. The molecule has 18 heavy (non-hydrogen) atoms. The maximum absolute atomic E-state index is 13.8. The minimum absolute atomic E-state index is 0.211. The van der Waals surface area contributed by atoms with E-state index in [2.05, 4.69) is 6.92 Å². The molecule has 0 aliphatic carbocycles. The zero-order valence-corrected chi connectivity index (χ0v) is 11.4. The lowest BCUT2D eigenvalue weighted by Crippen LogP contribution is -2.12. The summed E-state index contributed by atoms with van der Waals surface area (Å²) in [6, 6.07) is 4.67. The Labute approximate surface area is 109 Å². The zero-order valence-electron chi connectivity index (χ0n) is 11.4. The van der Waals surface area contributed by atoms with Gasteiger partial charge < -0.3 is 10.5 Å². The van der Waals surface area contributed by atoms with Gasteiger partial charge in [0.1, 0.15) is 11.6 Å². The van der Waals surface area contributed by atoms with Crippen molar-refractivity contribution in [3.63, 3.8) is 0 Å². The molecule has 0 aromatic heterocycles. The number of rotatable bonds is 8. The van der Waals surface area contributed by atoms with Crippen molar-refractivity contribution in [1.29, 1.82) is 0 Å². The third-order valence-corrected chi connectivity index (χ3v) is 3.23. The molecule has 1 aromatic carbocycles. The number of hydrogen-bond donors (Lipinski definition) is 1. The number of benzene rings is 1. The first-order valence-electron chi connectivity index (χ1n) is 6.78. The van der Waals surface area contributed by atoms with Crippen LogP contribution in [0.5, 0.6) is 5.75 Å². The summed E-state index contributed by atoms with van der Waals surface area (Å²) >= 11 is 0. The molecule has 0 aliphatic rings. The van der Waals surface area contributed by atoms with Gasteiger partial charge in [-0.3, -0.25) is 0 Å². The Kier molecular flexibility index (Phi) is 6.73. The SMILES string of the molecule is CCCCCCCC(N)c1ccc(OC)cc1F. The third-order valence-electron chi connectivity index (χ3n) is 3.23. The van der Waals surface area contributed by atoms with Crippen LogP contribution in [0.1, 0.15) is 57.1 Å². The van der Waals surface area contributed by atoms with Gasteiger partial charge in [0.05, 0.1) is 7.11 Å². The molecule has 2 nitrogen and oxygen atoms in total. The van der Waals surface area contributed by atoms with Gasteiger partial charge in [0.25, 0.3) is 0 Å². The van der Waals surface area contributed by atoms with Crippen LogP contribution >= 0.6 is 0 Å². The van der Waals surface area contributed by atoms with Crippen LogP contribution in [0.3, 0.4) is 0 Å². The van der Waals surface area contributed by atoms with E-state index in [0.717, 1.165) is 12.8 Å². The van der Waals surface area contributed by atoms with Crippen LogP contribution in [-0.4, -0.2) is 7.11 Å². The quantitative estimate of drug-likeness (QED) is 0.705. The van der Waals surface area contributed by atoms with Gasteiger partial charge in [-0.25, -0.2) is 4.39 Å². The first kappa shape index (κ1) is 15.0. The zero-order chi connectivity index (χ0) is 13.4. The monoisotopic (exact) mass is 253 g/mol. The molecule has 0 spiro atoms. The van der Waals surface area contributed by atoms with Crippen LogP contribution in [0.2, 0.25) is 0 Å². The predicted octanol–water partition coefficient (Wildman–Crippen LogP) is 4.19. The van der Waals surface area contributed by atoms with Gasteiger partial charge in [0, 0.05) is 17.7 Å². The fraction of sp³-hybridized carbons (Fsp3) is 0.600. The van der Waals surface area contributed by atoms with Crippen molar-refractivity contribution in [3.05, 3.63) is 29.6 Å². The molecular weight excluding hydrogens is 229 g/mol. The molecule has 1 atom stereocenters. The topological polar surface area (TPSA) is 35.2 Å². The second kappa shape index (κ2) is 8.09.